The van der Waals surface area contributed by atoms with Crippen LogP contribution < -0.4 is 11.5 Å². The average molecular weight is 237 g/mol. The first-order valence-corrected chi connectivity index (χ1v) is 4.18. The van der Waals surface area contributed by atoms with Crippen molar-refractivity contribution in [1.82, 2.24) is 0 Å². The molecule has 1 aromatic rings. The molecular formula is C10H18Cl2N2. The highest BCUT2D eigenvalue weighted by Gasteiger charge is 2.05. The number of aryl methyl sites for hydroxylation is 2. The number of hydrogen-bond donors (Lipinski definition) is 2. The number of benzene rings is 1. The third kappa shape index (κ3) is 3.84. The minimum absolute atomic E-state index is 0. The summed E-state index contributed by atoms with van der Waals surface area (Å²) in [4.78, 5) is 0. The van der Waals surface area contributed by atoms with Gasteiger partial charge in [0.05, 0.1) is 0 Å². The maximum atomic E-state index is 5.82. The van der Waals surface area contributed by atoms with Gasteiger partial charge in [-0.2, -0.15) is 0 Å². The van der Waals surface area contributed by atoms with E-state index in [4.69, 9.17) is 11.5 Å². The van der Waals surface area contributed by atoms with Gasteiger partial charge in [0.15, 0.2) is 0 Å². The molecule has 2 nitrogen and oxygen atoms in total. The minimum Gasteiger partial charge on any atom is -0.329 e. The van der Waals surface area contributed by atoms with E-state index in [0.717, 1.165) is 5.56 Å². The third-order valence-electron chi connectivity index (χ3n) is 2.08. The molecular weight excluding hydrogens is 219 g/mol. The Morgan fingerprint density at radius 2 is 1.79 bits per heavy atom. The van der Waals surface area contributed by atoms with E-state index in [1.807, 2.05) is 0 Å². The van der Waals surface area contributed by atoms with Crippen molar-refractivity contribution in [2.24, 2.45) is 11.5 Å². The van der Waals surface area contributed by atoms with Gasteiger partial charge in [-0.15, -0.1) is 24.8 Å². The molecule has 0 aliphatic rings. The molecule has 0 aliphatic carbocycles. The fraction of sp³-hybridized carbons (Fsp3) is 0.400. The number of rotatable bonds is 2. The highest BCUT2D eigenvalue weighted by atomic mass is 35.5. The van der Waals surface area contributed by atoms with E-state index < -0.39 is 0 Å². The molecule has 0 bridgehead atoms. The molecule has 0 spiro atoms. The van der Waals surface area contributed by atoms with E-state index in [1.165, 1.54) is 11.1 Å². The van der Waals surface area contributed by atoms with Gasteiger partial charge >= 0.3 is 0 Å². The summed E-state index contributed by atoms with van der Waals surface area (Å²) in [6.07, 6.45) is 0. The van der Waals surface area contributed by atoms with Crippen LogP contribution in [0, 0.1) is 13.8 Å². The summed E-state index contributed by atoms with van der Waals surface area (Å²) in [5.74, 6) is 0. The van der Waals surface area contributed by atoms with Crippen LogP contribution in [0.1, 0.15) is 22.7 Å². The van der Waals surface area contributed by atoms with E-state index in [1.54, 1.807) is 0 Å². The monoisotopic (exact) mass is 236 g/mol. The standard InChI is InChI=1S/C10H16N2.2ClH/c1-7-3-4-9(8(2)5-7)10(12)6-11;;/h3-5,10H,6,11-12H2,1-2H3;2*1H/t10-;;/m1../s1. The molecule has 0 saturated carbocycles. The summed E-state index contributed by atoms with van der Waals surface area (Å²) < 4.78 is 0. The maximum Gasteiger partial charge on any atom is 0.0422 e. The fourth-order valence-electron chi connectivity index (χ4n) is 1.37. The van der Waals surface area contributed by atoms with Crippen LogP contribution >= 0.6 is 24.8 Å². The molecule has 4 heteroatoms. The topological polar surface area (TPSA) is 52.0 Å². The van der Waals surface area contributed by atoms with Crippen molar-refractivity contribution in [1.29, 1.82) is 0 Å². The van der Waals surface area contributed by atoms with E-state index in [9.17, 15) is 0 Å². The van der Waals surface area contributed by atoms with Gasteiger partial charge < -0.3 is 11.5 Å². The smallest absolute Gasteiger partial charge is 0.0422 e. The lowest BCUT2D eigenvalue weighted by molar-refractivity contribution is 0.731. The van der Waals surface area contributed by atoms with Crippen LogP contribution in [0.4, 0.5) is 0 Å². The van der Waals surface area contributed by atoms with Crippen LogP contribution in [0.25, 0.3) is 0 Å². The summed E-state index contributed by atoms with van der Waals surface area (Å²) in [5.41, 5.74) is 15.0. The van der Waals surface area contributed by atoms with Gasteiger partial charge in [0.25, 0.3) is 0 Å². The molecule has 4 N–H and O–H groups in total. The number of hydrogen-bond acceptors (Lipinski definition) is 2. The number of halogens is 2. The average Bonchev–Trinajstić information content (AvgIpc) is 2.03. The quantitative estimate of drug-likeness (QED) is 0.827. The van der Waals surface area contributed by atoms with Crippen molar-refractivity contribution in [2.45, 2.75) is 19.9 Å². The van der Waals surface area contributed by atoms with Gasteiger partial charge in [-0.3, -0.25) is 0 Å². The molecule has 0 unspecified atom stereocenters. The third-order valence-corrected chi connectivity index (χ3v) is 2.08. The molecule has 0 aliphatic heterocycles. The first kappa shape index (κ1) is 16.2. The summed E-state index contributed by atoms with van der Waals surface area (Å²) >= 11 is 0. The van der Waals surface area contributed by atoms with Crippen molar-refractivity contribution < 1.29 is 0 Å². The molecule has 1 rings (SSSR count). The lowest BCUT2D eigenvalue weighted by atomic mass is 10.00. The second-order valence-corrected chi connectivity index (χ2v) is 3.20. The van der Waals surface area contributed by atoms with Gasteiger partial charge in [-0.25, -0.2) is 0 Å². The molecule has 0 heterocycles. The van der Waals surface area contributed by atoms with Crippen LogP contribution in [0.15, 0.2) is 18.2 Å². The lowest BCUT2D eigenvalue weighted by Gasteiger charge is -2.12. The van der Waals surface area contributed by atoms with E-state index in [0.29, 0.717) is 6.54 Å². The molecule has 0 amide bonds. The SMILES string of the molecule is Cc1ccc([C@H](N)CN)c(C)c1.Cl.Cl. The summed E-state index contributed by atoms with van der Waals surface area (Å²) in [6.45, 7) is 4.65. The summed E-state index contributed by atoms with van der Waals surface area (Å²) in [6, 6.07) is 6.23. The van der Waals surface area contributed by atoms with Gasteiger partial charge in [0, 0.05) is 12.6 Å². The van der Waals surface area contributed by atoms with Gasteiger partial charge in [0.1, 0.15) is 0 Å². The zero-order valence-corrected chi connectivity index (χ0v) is 10.1. The lowest BCUT2D eigenvalue weighted by Crippen LogP contribution is -2.21. The Kier molecular flexibility index (Phi) is 8.16. The maximum absolute atomic E-state index is 5.82. The van der Waals surface area contributed by atoms with Crippen molar-refractivity contribution in [3.05, 3.63) is 34.9 Å². The Morgan fingerprint density at radius 1 is 1.21 bits per heavy atom. The van der Waals surface area contributed by atoms with Crippen LogP contribution in [-0.4, -0.2) is 6.54 Å². The van der Waals surface area contributed by atoms with Crippen molar-refractivity contribution in [2.75, 3.05) is 6.54 Å². The minimum atomic E-state index is -0.0226. The molecule has 1 atom stereocenters. The summed E-state index contributed by atoms with van der Waals surface area (Å²) in [5, 5.41) is 0. The Morgan fingerprint density at radius 3 is 2.21 bits per heavy atom. The van der Waals surface area contributed by atoms with E-state index in [2.05, 4.69) is 32.0 Å². The van der Waals surface area contributed by atoms with Crippen LogP contribution in [0.2, 0.25) is 0 Å². The molecule has 82 valence electrons. The molecule has 14 heavy (non-hydrogen) atoms. The van der Waals surface area contributed by atoms with Gasteiger partial charge in [-0.1, -0.05) is 23.8 Å². The van der Waals surface area contributed by atoms with Gasteiger partial charge in [0.2, 0.25) is 0 Å². The second-order valence-electron chi connectivity index (χ2n) is 3.20. The van der Waals surface area contributed by atoms with Gasteiger partial charge in [-0.05, 0) is 25.0 Å². The van der Waals surface area contributed by atoms with Crippen molar-refractivity contribution in [3.8, 4) is 0 Å². The van der Waals surface area contributed by atoms with Crippen LogP contribution in [0.5, 0.6) is 0 Å². The largest absolute Gasteiger partial charge is 0.329 e. The van der Waals surface area contributed by atoms with Crippen molar-refractivity contribution >= 4 is 24.8 Å². The second kappa shape index (κ2) is 7.07. The normalized spacial score (nSPS) is 11.1. The molecule has 0 saturated heterocycles. The van der Waals surface area contributed by atoms with Crippen LogP contribution in [0.3, 0.4) is 0 Å². The first-order chi connectivity index (χ1) is 5.65. The van der Waals surface area contributed by atoms with E-state index >= 15 is 0 Å². The Hall–Kier alpha value is -0.280. The van der Waals surface area contributed by atoms with Crippen LogP contribution in [-0.2, 0) is 0 Å². The Labute approximate surface area is 97.9 Å². The summed E-state index contributed by atoms with van der Waals surface area (Å²) in [7, 11) is 0. The molecule has 0 radical (unpaired) electrons. The predicted octanol–water partition coefficient (Wildman–Crippen LogP) is 2.11. The zero-order valence-electron chi connectivity index (χ0n) is 8.49. The fourth-order valence-corrected chi connectivity index (χ4v) is 1.37. The van der Waals surface area contributed by atoms with Crippen molar-refractivity contribution in [3.63, 3.8) is 0 Å². The number of nitrogens with two attached hydrogens (primary N) is 2. The highest BCUT2D eigenvalue weighted by molar-refractivity contribution is 5.85. The Bertz CT molecular complexity index is 277. The van der Waals surface area contributed by atoms with E-state index in [-0.39, 0.29) is 30.9 Å². The predicted molar refractivity (Wildman–Crippen MR) is 66.4 cm³/mol. The molecule has 1 aromatic carbocycles. The molecule has 0 aromatic heterocycles. The zero-order chi connectivity index (χ0) is 9.14. The highest BCUT2D eigenvalue weighted by Crippen LogP contribution is 2.15. The Balaban J connectivity index is 0. The molecule has 0 fully saturated rings. The first-order valence-electron chi connectivity index (χ1n) is 4.18.